The van der Waals surface area contributed by atoms with E-state index in [1.54, 1.807) is 25.3 Å². The Morgan fingerprint density at radius 1 is 1.21 bits per heavy atom. The molecule has 0 N–H and O–H groups in total. The Hall–Kier alpha value is -2.47. The van der Waals surface area contributed by atoms with Crippen LogP contribution in [0.5, 0.6) is 17.2 Å². The molecule has 0 aliphatic carbocycles. The topological polar surface area (TPSA) is 58.9 Å². The summed E-state index contributed by atoms with van der Waals surface area (Å²) in [6.45, 7) is 5.45. The second kappa shape index (κ2) is 6.97. The lowest BCUT2D eigenvalue weighted by atomic mass is 10.1. The van der Waals surface area contributed by atoms with Gasteiger partial charge in [0.05, 0.1) is 6.61 Å². The summed E-state index contributed by atoms with van der Waals surface area (Å²) < 4.78 is 23.4. The van der Waals surface area contributed by atoms with Crippen LogP contribution in [0.2, 0.25) is 0 Å². The van der Waals surface area contributed by atoms with Gasteiger partial charge in [-0.25, -0.2) is 0 Å². The van der Waals surface area contributed by atoms with Gasteiger partial charge in [0, 0.05) is 36.7 Å². The maximum atomic E-state index is 12.5. The van der Waals surface area contributed by atoms with E-state index in [-0.39, 0.29) is 19.2 Å². The minimum atomic E-state index is -0.0515. The number of Topliss-reactive ketones (excluding diaryl/α,β-unsaturated/α-hetero) is 1. The van der Waals surface area contributed by atoms with Gasteiger partial charge in [-0.2, -0.15) is 0 Å². The summed E-state index contributed by atoms with van der Waals surface area (Å²) in [4.78, 5) is 12.5. The molecule has 2 aromatic rings. The van der Waals surface area contributed by atoms with E-state index in [4.69, 9.17) is 18.9 Å². The number of nitrogens with zero attached hydrogens (tertiary/aromatic N) is 1. The summed E-state index contributed by atoms with van der Waals surface area (Å²) in [5.41, 5.74) is 2.66. The molecular formula is C18H21NO5. The van der Waals surface area contributed by atoms with Crippen LogP contribution in [0.15, 0.2) is 24.3 Å². The van der Waals surface area contributed by atoms with Gasteiger partial charge >= 0.3 is 0 Å². The number of carbonyl (C=O) groups excluding carboxylic acids is 1. The molecule has 6 heteroatoms. The van der Waals surface area contributed by atoms with E-state index in [2.05, 4.69) is 4.57 Å². The molecule has 0 unspecified atom stereocenters. The number of hydrogen-bond donors (Lipinski definition) is 0. The highest BCUT2D eigenvalue weighted by Gasteiger charge is 2.17. The van der Waals surface area contributed by atoms with Crippen molar-refractivity contribution in [3.05, 3.63) is 41.2 Å². The molecule has 0 radical (unpaired) electrons. The highest BCUT2D eigenvalue weighted by molar-refractivity contribution is 5.98. The number of carbonyl (C=O) groups is 1. The molecule has 1 aromatic carbocycles. The molecule has 0 saturated heterocycles. The van der Waals surface area contributed by atoms with Gasteiger partial charge in [-0.05, 0) is 32.0 Å². The van der Waals surface area contributed by atoms with Crippen molar-refractivity contribution in [1.29, 1.82) is 0 Å². The Kier molecular flexibility index (Phi) is 4.76. The summed E-state index contributed by atoms with van der Waals surface area (Å²) in [6, 6.07) is 7.18. The smallest absolute Gasteiger partial charge is 0.231 e. The average molecular weight is 331 g/mol. The zero-order valence-electron chi connectivity index (χ0n) is 14.1. The third-order valence-electron chi connectivity index (χ3n) is 4.11. The zero-order chi connectivity index (χ0) is 17.1. The van der Waals surface area contributed by atoms with Crippen LogP contribution in [0.4, 0.5) is 0 Å². The molecule has 0 bridgehead atoms. The van der Waals surface area contributed by atoms with Gasteiger partial charge in [0.2, 0.25) is 12.6 Å². The SMILES string of the molecule is COCCn1c(C)cc(C(=O)COc2ccc3c(c2)OCO3)c1C. The van der Waals surface area contributed by atoms with Gasteiger partial charge in [0.1, 0.15) is 5.75 Å². The molecule has 1 aliphatic heterocycles. The van der Waals surface area contributed by atoms with Crippen molar-refractivity contribution in [2.24, 2.45) is 0 Å². The van der Waals surface area contributed by atoms with Gasteiger partial charge in [0.25, 0.3) is 0 Å². The molecular weight excluding hydrogens is 310 g/mol. The second-order valence-corrected chi connectivity index (χ2v) is 5.66. The maximum Gasteiger partial charge on any atom is 0.231 e. The molecule has 2 heterocycles. The van der Waals surface area contributed by atoms with Gasteiger partial charge in [-0.1, -0.05) is 0 Å². The number of methoxy groups -OCH3 is 1. The van der Waals surface area contributed by atoms with E-state index in [1.807, 2.05) is 19.9 Å². The summed E-state index contributed by atoms with van der Waals surface area (Å²) >= 11 is 0. The minimum absolute atomic E-state index is 0.0196. The Bertz CT molecular complexity index is 750. The normalized spacial score (nSPS) is 12.5. The van der Waals surface area contributed by atoms with Crippen molar-refractivity contribution >= 4 is 5.78 Å². The first kappa shape index (κ1) is 16.4. The molecule has 128 valence electrons. The highest BCUT2D eigenvalue weighted by atomic mass is 16.7. The van der Waals surface area contributed by atoms with Crippen LogP contribution in [0.1, 0.15) is 21.7 Å². The molecule has 0 saturated carbocycles. The van der Waals surface area contributed by atoms with Gasteiger partial charge in [-0.3, -0.25) is 4.79 Å². The van der Waals surface area contributed by atoms with E-state index in [0.29, 0.717) is 29.4 Å². The molecule has 3 rings (SSSR count). The van der Waals surface area contributed by atoms with Crippen LogP contribution in [0.25, 0.3) is 0 Å². The van der Waals surface area contributed by atoms with Gasteiger partial charge in [0.15, 0.2) is 18.1 Å². The van der Waals surface area contributed by atoms with E-state index in [9.17, 15) is 4.79 Å². The molecule has 0 spiro atoms. The van der Waals surface area contributed by atoms with Crippen LogP contribution < -0.4 is 14.2 Å². The summed E-state index contributed by atoms with van der Waals surface area (Å²) in [6.07, 6.45) is 0. The van der Waals surface area contributed by atoms with Crippen molar-refractivity contribution in [2.75, 3.05) is 27.1 Å². The molecule has 1 aliphatic rings. The van der Waals surface area contributed by atoms with Gasteiger partial charge < -0.3 is 23.5 Å². The first-order valence-electron chi connectivity index (χ1n) is 7.81. The molecule has 0 fully saturated rings. The van der Waals surface area contributed by atoms with Gasteiger partial charge in [-0.15, -0.1) is 0 Å². The Balaban J connectivity index is 1.67. The van der Waals surface area contributed by atoms with Crippen LogP contribution in [0.3, 0.4) is 0 Å². The Labute approximate surface area is 140 Å². The first-order valence-corrected chi connectivity index (χ1v) is 7.81. The first-order chi connectivity index (χ1) is 11.6. The number of fused-ring (bicyclic) bond motifs is 1. The van der Waals surface area contributed by atoms with E-state index < -0.39 is 0 Å². The average Bonchev–Trinajstić information content (AvgIpc) is 3.15. The third-order valence-corrected chi connectivity index (χ3v) is 4.11. The summed E-state index contributed by atoms with van der Waals surface area (Å²) in [5, 5.41) is 0. The number of rotatable bonds is 7. The molecule has 1 aromatic heterocycles. The quantitative estimate of drug-likeness (QED) is 0.730. The van der Waals surface area contributed by atoms with Crippen molar-refractivity contribution < 1.29 is 23.7 Å². The standard InChI is InChI=1S/C18H21NO5/c1-12-8-15(13(2)19(12)6-7-21-3)16(20)10-22-14-4-5-17-18(9-14)24-11-23-17/h4-5,8-9H,6-7,10-11H2,1-3H3. The lowest BCUT2D eigenvalue weighted by Crippen LogP contribution is -2.13. The predicted molar refractivity (Wildman–Crippen MR) is 88.2 cm³/mol. The molecule has 24 heavy (non-hydrogen) atoms. The highest BCUT2D eigenvalue weighted by Crippen LogP contribution is 2.35. The number of benzene rings is 1. The fourth-order valence-corrected chi connectivity index (χ4v) is 2.80. The van der Waals surface area contributed by atoms with Crippen LogP contribution >= 0.6 is 0 Å². The van der Waals surface area contributed by atoms with E-state index in [1.165, 1.54) is 0 Å². The second-order valence-electron chi connectivity index (χ2n) is 5.66. The van der Waals surface area contributed by atoms with Crippen molar-refractivity contribution in [3.63, 3.8) is 0 Å². The number of aromatic nitrogens is 1. The Morgan fingerprint density at radius 3 is 2.79 bits per heavy atom. The Morgan fingerprint density at radius 2 is 2.00 bits per heavy atom. The van der Waals surface area contributed by atoms with Crippen molar-refractivity contribution in [2.45, 2.75) is 20.4 Å². The number of hydrogen-bond acceptors (Lipinski definition) is 5. The zero-order valence-corrected chi connectivity index (χ0v) is 14.1. The number of ether oxygens (including phenoxy) is 4. The fourth-order valence-electron chi connectivity index (χ4n) is 2.80. The van der Waals surface area contributed by atoms with Crippen LogP contribution in [0, 0.1) is 13.8 Å². The lowest BCUT2D eigenvalue weighted by Gasteiger charge is -2.09. The number of ketones is 1. The third kappa shape index (κ3) is 3.23. The molecule has 0 atom stereocenters. The molecule has 0 amide bonds. The van der Waals surface area contributed by atoms with Crippen molar-refractivity contribution in [1.82, 2.24) is 4.57 Å². The van der Waals surface area contributed by atoms with Crippen LogP contribution in [-0.4, -0.2) is 37.5 Å². The largest absolute Gasteiger partial charge is 0.485 e. The van der Waals surface area contributed by atoms with E-state index in [0.717, 1.165) is 17.9 Å². The van der Waals surface area contributed by atoms with E-state index >= 15 is 0 Å². The monoisotopic (exact) mass is 331 g/mol. The van der Waals surface area contributed by atoms with Crippen molar-refractivity contribution in [3.8, 4) is 17.2 Å². The van der Waals surface area contributed by atoms with Crippen LogP contribution in [-0.2, 0) is 11.3 Å². The predicted octanol–water partition coefficient (Wildman–Crippen LogP) is 2.74. The lowest BCUT2D eigenvalue weighted by molar-refractivity contribution is 0.0920. The minimum Gasteiger partial charge on any atom is -0.485 e. The summed E-state index contributed by atoms with van der Waals surface area (Å²) in [7, 11) is 1.67. The fraction of sp³-hybridized carbons (Fsp3) is 0.389. The number of aryl methyl sites for hydroxylation is 1. The molecule has 6 nitrogen and oxygen atoms in total. The summed E-state index contributed by atoms with van der Waals surface area (Å²) in [5.74, 6) is 1.86. The maximum absolute atomic E-state index is 12.5.